The van der Waals surface area contributed by atoms with E-state index >= 15 is 0 Å². The molecule has 0 heterocycles. The molecule has 0 aliphatic heterocycles. The van der Waals surface area contributed by atoms with Gasteiger partial charge in [-0.05, 0) is 12.3 Å². The maximum absolute atomic E-state index is 10.4. The van der Waals surface area contributed by atoms with Crippen LogP contribution in [0.5, 0.6) is 0 Å². The van der Waals surface area contributed by atoms with E-state index in [2.05, 4.69) is 13.8 Å². The highest BCUT2D eigenvalue weighted by Gasteiger charge is 2.29. The summed E-state index contributed by atoms with van der Waals surface area (Å²) in [5, 5.41) is 19.5. The van der Waals surface area contributed by atoms with Gasteiger partial charge in [-0.3, -0.25) is 4.90 Å². The summed E-state index contributed by atoms with van der Waals surface area (Å²) in [5.74, 6) is -1.20. The number of rotatable bonds is 12. The Morgan fingerprint density at radius 2 is 1.68 bits per heavy atom. The average molecular weight is 273 g/mol. The number of nitrogens with zero attached hydrogens (tertiary/aromatic N) is 1. The van der Waals surface area contributed by atoms with Crippen molar-refractivity contribution in [2.45, 2.75) is 71.6 Å². The van der Waals surface area contributed by atoms with Crippen molar-refractivity contribution in [3.63, 3.8) is 0 Å². The van der Waals surface area contributed by atoms with Gasteiger partial charge in [-0.1, -0.05) is 52.9 Å². The predicted molar refractivity (Wildman–Crippen MR) is 77.6 cm³/mol. The van der Waals surface area contributed by atoms with Crippen LogP contribution >= 0.6 is 0 Å². The van der Waals surface area contributed by atoms with Crippen LogP contribution in [0, 0.1) is 5.92 Å². The number of hydrogen-bond donors (Lipinski definition) is 2. The topological polar surface area (TPSA) is 60.8 Å². The van der Waals surface area contributed by atoms with Crippen LogP contribution < -0.4 is 0 Å². The zero-order chi connectivity index (χ0) is 14.7. The molecule has 0 unspecified atom stereocenters. The number of hydrogen-bond acceptors (Lipinski definition) is 4. The van der Waals surface area contributed by atoms with Gasteiger partial charge in [0.2, 0.25) is 5.91 Å². The highest BCUT2D eigenvalue weighted by molar-refractivity contribution is 5.50. The Balaban J connectivity index is 3.70. The maximum atomic E-state index is 10.4. The monoisotopic (exact) mass is 273 g/mol. The third-order valence-electron chi connectivity index (χ3n) is 3.45. The van der Waals surface area contributed by atoms with Crippen LogP contribution in [0.15, 0.2) is 0 Å². The molecule has 0 rings (SSSR count). The molecular formula is C15H31NO3. The van der Waals surface area contributed by atoms with E-state index in [1.165, 1.54) is 25.7 Å². The molecule has 0 aliphatic rings. The van der Waals surface area contributed by atoms with Crippen LogP contribution in [0.1, 0.15) is 65.7 Å². The van der Waals surface area contributed by atoms with Crippen molar-refractivity contribution in [3.8, 4) is 0 Å². The first-order valence-corrected chi connectivity index (χ1v) is 7.57. The predicted octanol–water partition coefficient (Wildman–Crippen LogP) is 2.53. The van der Waals surface area contributed by atoms with Gasteiger partial charge in [0.25, 0.3) is 0 Å². The molecule has 114 valence electrons. The van der Waals surface area contributed by atoms with Gasteiger partial charge < -0.3 is 15.0 Å². The van der Waals surface area contributed by atoms with Crippen molar-refractivity contribution in [1.29, 1.82) is 0 Å². The van der Waals surface area contributed by atoms with Crippen LogP contribution in [-0.2, 0) is 4.79 Å². The van der Waals surface area contributed by atoms with Gasteiger partial charge in [0.15, 0.2) is 0 Å². The Labute approximate surface area is 117 Å². The maximum Gasteiger partial charge on any atom is 0.231 e. The first-order valence-electron chi connectivity index (χ1n) is 7.57. The Hall–Kier alpha value is -0.450. The quantitative estimate of drug-likeness (QED) is 0.326. The summed E-state index contributed by atoms with van der Waals surface area (Å²) in [4.78, 5) is 11.9. The molecule has 2 N–H and O–H groups in total. The zero-order valence-corrected chi connectivity index (χ0v) is 12.8. The first kappa shape index (κ1) is 18.6. The summed E-state index contributed by atoms with van der Waals surface area (Å²) < 4.78 is 0. The zero-order valence-electron chi connectivity index (χ0n) is 12.8. The molecule has 0 atom stereocenters. The van der Waals surface area contributed by atoms with Gasteiger partial charge in [-0.15, -0.1) is 0 Å². The average Bonchev–Trinajstić information content (AvgIpc) is 2.31. The lowest BCUT2D eigenvalue weighted by atomic mass is 10.0. The van der Waals surface area contributed by atoms with E-state index in [1.807, 2.05) is 6.92 Å². The Morgan fingerprint density at radius 3 is 2.21 bits per heavy atom. The van der Waals surface area contributed by atoms with Crippen molar-refractivity contribution in [2.24, 2.45) is 5.92 Å². The molecule has 0 amide bonds. The van der Waals surface area contributed by atoms with Crippen molar-refractivity contribution >= 4 is 6.29 Å². The fourth-order valence-corrected chi connectivity index (χ4v) is 2.22. The molecule has 0 radical (unpaired) electrons. The lowest BCUT2D eigenvalue weighted by Gasteiger charge is -2.33. The molecule has 0 saturated carbocycles. The third-order valence-corrected chi connectivity index (χ3v) is 3.45. The minimum atomic E-state index is -1.98. The third kappa shape index (κ3) is 9.14. The number of aldehydes is 1. The van der Waals surface area contributed by atoms with Gasteiger partial charge in [-0.25, -0.2) is 0 Å². The summed E-state index contributed by atoms with van der Waals surface area (Å²) >= 11 is 0. The lowest BCUT2D eigenvalue weighted by molar-refractivity contribution is -0.261. The van der Waals surface area contributed by atoms with Crippen LogP contribution in [-0.4, -0.2) is 40.4 Å². The Morgan fingerprint density at radius 1 is 1.11 bits per heavy atom. The van der Waals surface area contributed by atoms with E-state index in [9.17, 15) is 15.0 Å². The second-order valence-electron chi connectivity index (χ2n) is 5.68. The molecule has 4 nitrogen and oxygen atoms in total. The Bertz CT molecular complexity index is 229. The fraction of sp³-hybridized carbons (Fsp3) is 0.933. The van der Waals surface area contributed by atoms with Gasteiger partial charge in [-0.2, -0.15) is 0 Å². The highest BCUT2D eigenvalue weighted by atomic mass is 16.5. The fourth-order valence-electron chi connectivity index (χ4n) is 2.22. The van der Waals surface area contributed by atoms with Gasteiger partial charge in [0, 0.05) is 13.1 Å². The molecular weight excluding hydrogens is 242 g/mol. The summed E-state index contributed by atoms with van der Waals surface area (Å²) in [6, 6.07) is 0. The smallest absolute Gasteiger partial charge is 0.231 e. The molecule has 0 aromatic carbocycles. The summed E-state index contributed by atoms with van der Waals surface area (Å²) in [5.41, 5.74) is 0. The molecule has 0 fully saturated rings. The van der Waals surface area contributed by atoms with Crippen LogP contribution in [0.3, 0.4) is 0 Å². The molecule has 19 heavy (non-hydrogen) atoms. The van der Waals surface area contributed by atoms with E-state index in [4.69, 9.17) is 0 Å². The van der Waals surface area contributed by atoms with Crippen molar-refractivity contribution < 1.29 is 15.0 Å². The van der Waals surface area contributed by atoms with Crippen molar-refractivity contribution in [3.05, 3.63) is 0 Å². The molecule has 4 heteroatoms. The summed E-state index contributed by atoms with van der Waals surface area (Å²) in [6.07, 6.45) is 7.36. The van der Waals surface area contributed by atoms with Crippen LogP contribution in [0.4, 0.5) is 0 Å². The summed E-state index contributed by atoms with van der Waals surface area (Å²) in [6.45, 7) is 7.52. The largest absolute Gasteiger partial charge is 0.353 e. The normalized spacial score (nSPS) is 12.4. The van der Waals surface area contributed by atoms with Gasteiger partial charge in [0.05, 0.1) is 6.42 Å². The summed E-state index contributed by atoms with van der Waals surface area (Å²) in [7, 11) is 0. The second kappa shape index (κ2) is 10.4. The highest BCUT2D eigenvalue weighted by Crippen LogP contribution is 2.14. The van der Waals surface area contributed by atoms with E-state index in [-0.39, 0.29) is 6.42 Å². The lowest BCUT2D eigenvalue weighted by Crippen LogP contribution is -2.49. The van der Waals surface area contributed by atoms with Crippen LogP contribution in [0.2, 0.25) is 0 Å². The number of carbonyl (C=O) groups is 1. The molecule has 0 spiro atoms. The van der Waals surface area contributed by atoms with Crippen LogP contribution in [0.25, 0.3) is 0 Å². The number of carbonyl (C=O) groups excluding carboxylic acids is 1. The second-order valence-corrected chi connectivity index (χ2v) is 5.68. The SMILES string of the molecule is CCN(CCCCCCCC(C)C)C(O)(O)CC=O. The van der Waals surface area contributed by atoms with Crippen molar-refractivity contribution in [1.82, 2.24) is 4.90 Å². The number of unbranched alkanes of at least 4 members (excludes halogenated alkanes) is 4. The van der Waals surface area contributed by atoms with E-state index in [1.54, 1.807) is 4.90 Å². The molecule has 0 saturated heterocycles. The van der Waals surface area contributed by atoms with Crippen molar-refractivity contribution in [2.75, 3.05) is 13.1 Å². The molecule has 0 aromatic rings. The minimum absolute atomic E-state index is 0.255. The minimum Gasteiger partial charge on any atom is -0.353 e. The molecule has 0 bridgehead atoms. The van der Waals surface area contributed by atoms with Gasteiger partial charge >= 0.3 is 0 Å². The first-order chi connectivity index (χ1) is 8.94. The Kier molecular flexibility index (Phi) is 10.1. The van der Waals surface area contributed by atoms with E-state index < -0.39 is 5.91 Å². The van der Waals surface area contributed by atoms with E-state index in [0.717, 1.165) is 18.8 Å². The number of aliphatic hydroxyl groups is 2. The standard InChI is InChI=1S/C15H31NO3/c1-4-16(15(18,19)11-13-17)12-9-7-5-6-8-10-14(2)3/h13-14,18-19H,4-12H2,1-3H3. The molecule has 0 aromatic heterocycles. The molecule has 0 aliphatic carbocycles. The van der Waals surface area contributed by atoms with E-state index in [0.29, 0.717) is 19.4 Å². The van der Waals surface area contributed by atoms with Gasteiger partial charge in [0.1, 0.15) is 6.29 Å².